The first-order valence-electron chi connectivity index (χ1n) is 8.96. The van der Waals surface area contributed by atoms with E-state index in [1.165, 1.54) is 11.3 Å². The number of nitrogens with one attached hydrogen (secondary N) is 2. The van der Waals surface area contributed by atoms with Gasteiger partial charge >= 0.3 is 0 Å². The molecule has 0 aliphatic carbocycles. The highest BCUT2D eigenvalue weighted by atomic mass is 32.1. The highest BCUT2D eigenvalue weighted by Crippen LogP contribution is 2.13. The summed E-state index contributed by atoms with van der Waals surface area (Å²) in [6, 6.07) is 0. The molecule has 0 saturated heterocycles. The molecule has 27 heavy (non-hydrogen) atoms. The van der Waals surface area contributed by atoms with Gasteiger partial charge in [0.1, 0.15) is 0 Å². The van der Waals surface area contributed by atoms with Gasteiger partial charge in [0.05, 0.1) is 30.3 Å². The minimum absolute atomic E-state index is 0.562. The molecule has 9 heteroatoms. The number of aryl methyl sites for hydroxylation is 3. The Bertz CT molecular complexity index is 949. The Labute approximate surface area is 164 Å². The maximum Gasteiger partial charge on any atom is 0.171 e. The van der Waals surface area contributed by atoms with E-state index >= 15 is 0 Å². The minimum Gasteiger partial charge on any atom is -0.358 e. The molecule has 3 rings (SSSR count). The summed E-state index contributed by atoms with van der Waals surface area (Å²) in [4.78, 5) is 0. The van der Waals surface area contributed by atoms with Crippen molar-refractivity contribution in [3.05, 3.63) is 46.8 Å². The maximum absolute atomic E-state index is 5.41. The van der Waals surface area contributed by atoms with Crippen LogP contribution in [-0.4, -0.2) is 34.5 Å². The maximum atomic E-state index is 5.41. The van der Waals surface area contributed by atoms with Crippen LogP contribution in [0.5, 0.6) is 0 Å². The predicted molar refractivity (Wildman–Crippen MR) is 110 cm³/mol. The molecule has 0 bridgehead atoms. The zero-order chi connectivity index (χ0) is 19.6. The van der Waals surface area contributed by atoms with E-state index in [4.69, 9.17) is 12.2 Å². The number of hydrogen-bond donors (Lipinski definition) is 2. The predicted octanol–water partition coefficient (Wildman–Crippen LogP) is 2.29. The monoisotopic (exact) mass is 386 g/mol. The van der Waals surface area contributed by atoms with Crippen molar-refractivity contribution in [2.75, 3.05) is 5.32 Å². The molecule has 0 amide bonds. The number of nitrogens with zero attached hydrogens (tertiary/aromatic N) is 6. The van der Waals surface area contributed by atoms with Crippen molar-refractivity contribution in [1.29, 1.82) is 0 Å². The van der Waals surface area contributed by atoms with Gasteiger partial charge in [-0.1, -0.05) is 0 Å². The van der Waals surface area contributed by atoms with Crippen molar-refractivity contribution >= 4 is 23.0 Å². The summed E-state index contributed by atoms with van der Waals surface area (Å²) in [7, 11) is 1.95. The fourth-order valence-corrected chi connectivity index (χ4v) is 3.26. The summed E-state index contributed by atoms with van der Waals surface area (Å²) < 4.78 is 5.75. The number of rotatable bonds is 6. The molecule has 144 valence electrons. The molecule has 0 fully saturated rings. The van der Waals surface area contributed by atoms with Gasteiger partial charge in [-0.15, -0.1) is 0 Å². The summed E-state index contributed by atoms with van der Waals surface area (Å²) >= 11 is 5.41. The van der Waals surface area contributed by atoms with Crippen LogP contribution in [0.15, 0.2) is 18.6 Å². The van der Waals surface area contributed by atoms with Crippen LogP contribution in [0.25, 0.3) is 0 Å². The SMILES string of the molecule is CCn1ncc(Cn2cc(NC(=S)NCc3c(C)nn(C)c3C)cn2)c1C. The summed E-state index contributed by atoms with van der Waals surface area (Å²) in [6.45, 7) is 10.4. The van der Waals surface area contributed by atoms with Crippen LogP contribution in [0.2, 0.25) is 0 Å². The van der Waals surface area contributed by atoms with Gasteiger partial charge in [0.2, 0.25) is 0 Å². The lowest BCUT2D eigenvalue weighted by molar-refractivity contribution is 0.633. The van der Waals surface area contributed by atoms with Gasteiger partial charge in [-0.25, -0.2) is 0 Å². The Hall–Kier alpha value is -2.68. The molecule has 0 unspecified atom stereocenters. The second kappa shape index (κ2) is 7.91. The average Bonchev–Trinajstić information content (AvgIpc) is 3.27. The first-order valence-corrected chi connectivity index (χ1v) is 9.37. The topological polar surface area (TPSA) is 77.5 Å². The number of anilines is 1. The smallest absolute Gasteiger partial charge is 0.171 e. The molecule has 3 aromatic rings. The molecule has 0 atom stereocenters. The van der Waals surface area contributed by atoms with Crippen molar-refractivity contribution in [1.82, 2.24) is 34.7 Å². The van der Waals surface area contributed by atoms with Gasteiger partial charge < -0.3 is 10.6 Å². The zero-order valence-electron chi connectivity index (χ0n) is 16.4. The molecule has 8 nitrogen and oxygen atoms in total. The lowest BCUT2D eigenvalue weighted by Crippen LogP contribution is -2.28. The van der Waals surface area contributed by atoms with Gasteiger partial charge in [-0.2, -0.15) is 15.3 Å². The molecular weight excluding hydrogens is 360 g/mol. The normalized spacial score (nSPS) is 11.0. The third kappa shape index (κ3) is 4.19. The second-order valence-electron chi connectivity index (χ2n) is 6.58. The molecule has 0 aliphatic heterocycles. The zero-order valence-corrected chi connectivity index (χ0v) is 17.3. The standard InChI is InChI=1S/C18H26N8S/c1-6-26-13(3)15(7-21-26)10-25-11-16(8-20-25)22-18(27)19-9-17-12(2)23-24(5)14(17)4/h7-8,11H,6,9-10H2,1-5H3,(H2,19,22,27). The van der Waals surface area contributed by atoms with Gasteiger partial charge in [0.25, 0.3) is 0 Å². The van der Waals surface area contributed by atoms with Gasteiger partial charge in [-0.05, 0) is 39.9 Å². The third-order valence-corrected chi connectivity index (χ3v) is 5.06. The van der Waals surface area contributed by atoms with E-state index in [-0.39, 0.29) is 0 Å². The number of hydrogen-bond acceptors (Lipinski definition) is 4. The first-order chi connectivity index (χ1) is 12.9. The van der Waals surface area contributed by atoms with E-state index in [0.717, 1.165) is 29.2 Å². The van der Waals surface area contributed by atoms with Crippen LogP contribution >= 0.6 is 12.2 Å². The fourth-order valence-electron chi connectivity index (χ4n) is 3.07. The van der Waals surface area contributed by atoms with E-state index < -0.39 is 0 Å². The van der Waals surface area contributed by atoms with Crippen LogP contribution in [-0.2, 0) is 26.7 Å². The number of aromatic nitrogens is 6. The molecular formula is C18H26N8S. The third-order valence-electron chi connectivity index (χ3n) is 4.81. The minimum atomic E-state index is 0.562. The van der Waals surface area contributed by atoms with Crippen molar-refractivity contribution in [3.8, 4) is 0 Å². The van der Waals surface area contributed by atoms with Gasteiger partial charge in [0, 0.05) is 48.8 Å². The summed E-state index contributed by atoms with van der Waals surface area (Å²) in [5, 5.41) is 20.2. The van der Waals surface area contributed by atoms with Crippen molar-refractivity contribution < 1.29 is 0 Å². The Morgan fingerprint density at radius 1 is 1.15 bits per heavy atom. The molecule has 3 heterocycles. The van der Waals surface area contributed by atoms with Crippen molar-refractivity contribution in [3.63, 3.8) is 0 Å². The Morgan fingerprint density at radius 3 is 2.56 bits per heavy atom. The van der Waals surface area contributed by atoms with Crippen LogP contribution in [0, 0.1) is 20.8 Å². The van der Waals surface area contributed by atoms with E-state index in [9.17, 15) is 0 Å². The lowest BCUT2D eigenvalue weighted by atomic mass is 10.2. The van der Waals surface area contributed by atoms with Crippen LogP contribution in [0.3, 0.4) is 0 Å². The lowest BCUT2D eigenvalue weighted by Gasteiger charge is -2.09. The highest BCUT2D eigenvalue weighted by Gasteiger charge is 2.10. The molecule has 2 N–H and O–H groups in total. The molecule has 0 aliphatic rings. The quantitative estimate of drug-likeness (QED) is 0.633. The molecule has 0 aromatic carbocycles. The Balaban J connectivity index is 1.57. The van der Waals surface area contributed by atoms with E-state index in [1.807, 2.05) is 40.4 Å². The molecule has 0 spiro atoms. The van der Waals surface area contributed by atoms with E-state index in [2.05, 4.69) is 46.7 Å². The van der Waals surface area contributed by atoms with Crippen molar-refractivity contribution in [2.45, 2.75) is 47.3 Å². The molecule has 3 aromatic heterocycles. The van der Waals surface area contributed by atoms with Gasteiger partial charge in [0.15, 0.2) is 5.11 Å². The van der Waals surface area contributed by atoms with Crippen molar-refractivity contribution in [2.24, 2.45) is 7.05 Å². The molecule has 0 radical (unpaired) electrons. The average molecular weight is 387 g/mol. The first kappa shape index (κ1) is 19.1. The Morgan fingerprint density at radius 2 is 1.93 bits per heavy atom. The largest absolute Gasteiger partial charge is 0.358 e. The van der Waals surface area contributed by atoms with Crippen LogP contribution in [0.4, 0.5) is 5.69 Å². The second-order valence-corrected chi connectivity index (χ2v) is 6.99. The van der Waals surface area contributed by atoms with Gasteiger partial charge in [-0.3, -0.25) is 14.0 Å². The summed E-state index contributed by atoms with van der Waals surface area (Å²) in [6.07, 6.45) is 5.61. The number of thiocarbonyl (C=S) groups is 1. The van der Waals surface area contributed by atoms with Crippen LogP contribution < -0.4 is 10.6 Å². The van der Waals surface area contributed by atoms with E-state index in [1.54, 1.807) is 6.20 Å². The van der Waals surface area contributed by atoms with E-state index in [0.29, 0.717) is 18.2 Å². The fraction of sp³-hybridized carbons (Fsp3) is 0.444. The highest BCUT2D eigenvalue weighted by molar-refractivity contribution is 7.80. The van der Waals surface area contributed by atoms with Crippen LogP contribution in [0.1, 0.15) is 35.1 Å². The summed E-state index contributed by atoms with van der Waals surface area (Å²) in [5.74, 6) is 0. The summed E-state index contributed by atoms with van der Waals surface area (Å²) in [5.41, 5.74) is 6.50. The molecule has 0 saturated carbocycles. The Kier molecular flexibility index (Phi) is 5.59.